The number of hydrogen-bond donors (Lipinski definition) is 1. The molecule has 1 aromatic heterocycles. The van der Waals surface area contributed by atoms with Gasteiger partial charge < -0.3 is 15.0 Å². The molecule has 18 heavy (non-hydrogen) atoms. The molecule has 0 unspecified atom stereocenters. The Labute approximate surface area is 112 Å². The number of nitrogens with zero attached hydrogens (tertiary/aromatic N) is 1. The first-order chi connectivity index (χ1) is 8.44. The summed E-state index contributed by atoms with van der Waals surface area (Å²) in [5.74, 6) is 0. The molecule has 1 amide bonds. The largest absolute Gasteiger partial charge is 0.444 e. The highest BCUT2D eigenvalue weighted by molar-refractivity contribution is 7.09. The second kappa shape index (κ2) is 5.28. The molecule has 0 saturated carbocycles. The van der Waals surface area contributed by atoms with Crippen LogP contribution in [0.4, 0.5) is 4.79 Å². The first kappa shape index (κ1) is 13.4. The van der Waals surface area contributed by atoms with Gasteiger partial charge in [-0.25, -0.2) is 4.79 Å². The van der Waals surface area contributed by atoms with Gasteiger partial charge in [-0.15, -0.1) is 11.3 Å². The first-order valence-electron chi connectivity index (χ1n) is 6.18. The predicted octanol–water partition coefficient (Wildman–Crippen LogP) is 2.46. The average Bonchev–Trinajstić information content (AvgIpc) is 2.64. The molecule has 0 spiro atoms. The zero-order valence-electron chi connectivity index (χ0n) is 11.1. The molecule has 100 valence electrons. The van der Waals surface area contributed by atoms with Crippen LogP contribution in [0, 0.1) is 0 Å². The van der Waals surface area contributed by atoms with Gasteiger partial charge in [0.25, 0.3) is 0 Å². The van der Waals surface area contributed by atoms with E-state index in [-0.39, 0.29) is 6.09 Å². The zero-order valence-corrected chi connectivity index (χ0v) is 11.9. The summed E-state index contributed by atoms with van der Waals surface area (Å²) in [7, 11) is 0. The average molecular weight is 268 g/mol. The summed E-state index contributed by atoms with van der Waals surface area (Å²) in [4.78, 5) is 14.8. The summed E-state index contributed by atoms with van der Waals surface area (Å²) in [6, 6.07) is 4.55. The highest BCUT2D eigenvalue weighted by Gasteiger charge is 2.33. The van der Waals surface area contributed by atoms with Crippen molar-refractivity contribution in [1.29, 1.82) is 0 Å². The Hall–Kier alpha value is -1.07. The van der Waals surface area contributed by atoms with Gasteiger partial charge in [0.2, 0.25) is 0 Å². The quantitative estimate of drug-likeness (QED) is 0.915. The number of carbonyl (C=O) groups is 1. The van der Waals surface area contributed by atoms with Crippen LogP contribution in [0.3, 0.4) is 0 Å². The third-order valence-corrected chi connectivity index (χ3v) is 3.55. The maximum absolute atomic E-state index is 11.7. The summed E-state index contributed by atoms with van der Waals surface area (Å²) in [5, 5.41) is 5.50. The van der Waals surface area contributed by atoms with Gasteiger partial charge in [0.05, 0.1) is 0 Å². The lowest BCUT2D eigenvalue weighted by molar-refractivity contribution is 0.00521. The Morgan fingerprint density at radius 2 is 2.28 bits per heavy atom. The topological polar surface area (TPSA) is 41.6 Å². The standard InChI is InChI=1S/C13H20N2O2S/c1-13(2,3)17-12(16)15-8-10(9-15)14-7-11-5-4-6-18-11/h4-6,10,14H,7-9H2,1-3H3. The summed E-state index contributed by atoms with van der Waals surface area (Å²) >= 11 is 1.75. The van der Waals surface area contributed by atoms with E-state index in [1.807, 2.05) is 20.8 Å². The molecular weight excluding hydrogens is 248 g/mol. The van der Waals surface area contributed by atoms with E-state index < -0.39 is 5.60 Å². The molecular formula is C13H20N2O2S. The van der Waals surface area contributed by atoms with Gasteiger partial charge in [-0.2, -0.15) is 0 Å². The minimum atomic E-state index is -0.410. The maximum Gasteiger partial charge on any atom is 0.410 e. The van der Waals surface area contributed by atoms with E-state index in [1.165, 1.54) is 4.88 Å². The Bertz CT molecular complexity index is 392. The minimum absolute atomic E-state index is 0.211. The van der Waals surface area contributed by atoms with Crippen LogP contribution in [-0.2, 0) is 11.3 Å². The van der Waals surface area contributed by atoms with Crippen LogP contribution in [0.25, 0.3) is 0 Å². The highest BCUT2D eigenvalue weighted by Crippen LogP contribution is 2.16. The van der Waals surface area contributed by atoms with Gasteiger partial charge in [0.15, 0.2) is 0 Å². The molecule has 1 N–H and O–H groups in total. The molecule has 0 aliphatic carbocycles. The minimum Gasteiger partial charge on any atom is -0.444 e. The zero-order chi connectivity index (χ0) is 13.2. The highest BCUT2D eigenvalue weighted by atomic mass is 32.1. The van der Waals surface area contributed by atoms with Gasteiger partial charge in [0, 0.05) is 30.6 Å². The lowest BCUT2D eigenvalue weighted by atomic mass is 10.1. The first-order valence-corrected chi connectivity index (χ1v) is 7.06. The Morgan fingerprint density at radius 3 is 2.83 bits per heavy atom. The van der Waals surface area contributed by atoms with Crippen LogP contribution >= 0.6 is 11.3 Å². The van der Waals surface area contributed by atoms with Crippen molar-refractivity contribution in [3.63, 3.8) is 0 Å². The fourth-order valence-electron chi connectivity index (χ4n) is 1.74. The monoisotopic (exact) mass is 268 g/mol. The molecule has 0 atom stereocenters. The van der Waals surface area contributed by atoms with Crippen LogP contribution < -0.4 is 5.32 Å². The van der Waals surface area contributed by atoms with Gasteiger partial charge in [-0.05, 0) is 32.2 Å². The lowest BCUT2D eigenvalue weighted by Gasteiger charge is -2.40. The van der Waals surface area contributed by atoms with E-state index in [1.54, 1.807) is 16.2 Å². The van der Waals surface area contributed by atoms with Crippen molar-refractivity contribution in [3.8, 4) is 0 Å². The number of likely N-dealkylation sites (tertiary alicyclic amines) is 1. The van der Waals surface area contributed by atoms with Crippen molar-refractivity contribution < 1.29 is 9.53 Å². The van der Waals surface area contributed by atoms with Crippen molar-refractivity contribution in [1.82, 2.24) is 10.2 Å². The fraction of sp³-hybridized carbons (Fsp3) is 0.615. The molecule has 1 aliphatic rings. The molecule has 0 aromatic carbocycles. The van der Waals surface area contributed by atoms with Gasteiger partial charge in [0.1, 0.15) is 5.60 Å². The molecule has 2 rings (SSSR count). The molecule has 4 nitrogen and oxygen atoms in total. The molecule has 0 radical (unpaired) electrons. The molecule has 2 heterocycles. The Balaban J connectivity index is 1.66. The van der Waals surface area contributed by atoms with Crippen molar-refractivity contribution in [2.75, 3.05) is 13.1 Å². The lowest BCUT2D eigenvalue weighted by Crippen LogP contribution is -2.60. The van der Waals surface area contributed by atoms with E-state index in [9.17, 15) is 4.79 Å². The number of thiophene rings is 1. The third kappa shape index (κ3) is 3.71. The Morgan fingerprint density at radius 1 is 1.56 bits per heavy atom. The van der Waals surface area contributed by atoms with Gasteiger partial charge in [-0.1, -0.05) is 6.07 Å². The van der Waals surface area contributed by atoms with Crippen LogP contribution in [0.2, 0.25) is 0 Å². The number of hydrogen-bond acceptors (Lipinski definition) is 4. The van der Waals surface area contributed by atoms with Crippen LogP contribution in [-0.4, -0.2) is 35.7 Å². The number of rotatable bonds is 3. The molecule has 1 saturated heterocycles. The Kier molecular flexibility index (Phi) is 3.92. The van der Waals surface area contributed by atoms with Gasteiger partial charge in [-0.3, -0.25) is 0 Å². The fourth-order valence-corrected chi connectivity index (χ4v) is 2.40. The third-order valence-electron chi connectivity index (χ3n) is 2.68. The molecule has 1 fully saturated rings. The molecule has 1 aromatic rings. The number of ether oxygens (including phenoxy) is 1. The number of carbonyl (C=O) groups excluding carboxylic acids is 1. The summed E-state index contributed by atoms with van der Waals surface area (Å²) in [6.45, 7) is 8.01. The number of amides is 1. The van der Waals surface area contributed by atoms with Crippen LogP contribution in [0.1, 0.15) is 25.6 Å². The predicted molar refractivity (Wildman–Crippen MR) is 72.8 cm³/mol. The molecule has 1 aliphatic heterocycles. The van der Waals surface area contributed by atoms with Gasteiger partial charge >= 0.3 is 6.09 Å². The van der Waals surface area contributed by atoms with Crippen molar-refractivity contribution >= 4 is 17.4 Å². The number of nitrogens with one attached hydrogen (secondary N) is 1. The second-order valence-electron chi connectivity index (χ2n) is 5.54. The summed E-state index contributed by atoms with van der Waals surface area (Å²) in [5.41, 5.74) is -0.410. The maximum atomic E-state index is 11.7. The summed E-state index contributed by atoms with van der Waals surface area (Å²) in [6.07, 6.45) is -0.211. The van der Waals surface area contributed by atoms with E-state index in [2.05, 4.69) is 22.8 Å². The van der Waals surface area contributed by atoms with Crippen molar-refractivity contribution in [2.45, 2.75) is 39.0 Å². The summed E-state index contributed by atoms with van der Waals surface area (Å²) < 4.78 is 5.30. The van der Waals surface area contributed by atoms with Crippen molar-refractivity contribution in [2.24, 2.45) is 0 Å². The van der Waals surface area contributed by atoms with E-state index in [0.29, 0.717) is 6.04 Å². The van der Waals surface area contributed by atoms with E-state index in [4.69, 9.17) is 4.74 Å². The molecule has 0 bridgehead atoms. The van der Waals surface area contributed by atoms with Crippen molar-refractivity contribution in [3.05, 3.63) is 22.4 Å². The van der Waals surface area contributed by atoms with Crippen LogP contribution in [0.5, 0.6) is 0 Å². The SMILES string of the molecule is CC(C)(C)OC(=O)N1CC(NCc2cccs2)C1. The van der Waals surface area contributed by atoms with E-state index >= 15 is 0 Å². The normalized spacial score (nSPS) is 16.5. The van der Waals surface area contributed by atoms with Crippen LogP contribution in [0.15, 0.2) is 17.5 Å². The van der Waals surface area contributed by atoms with E-state index in [0.717, 1.165) is 19.6 Å². The smallest absolute Gasteiger partial charge is 0.410 e. The second-order valence-corrected chi connectivity index (χ2v) is 6.57. The molecule has 5 heteroatoms.